The smallest absolute Gasteiger partial charge is 0.180 e. The summed E-state index contributed by atoms with van der Waals surface area (Å²) in [7, 11) is 0. The van der Waals surface area contributed by atoms with Crippen molar-refractivity contribution in [2.24, 2.45) is 4.99 Å². The number of nitrogens with zero attached hydrogens (tertiary/aromatic N) is 2. The zero-order valence-electron chi connectivity index (χ0n) is 7.37. The molecule has 0 bridgehead atoms. The molecule has 0 amide bonds. The van der Waals surface area contributed by atoms with Crippen LogP contribution in [0.25, 0.3) is 0 Å². The van der Waals surface area contributed by atoms with Gasteiger partial charge >= 0.3 is 0 Å². The predicted molar refractivity (Wildman–Crippen MR) is 53.7 cm³/mol. The number of Topliss-reactive ketones (excluding diaryl/α,β-unsaturated/α-hetero) is 1. The summed E-state index contributed by atoms with van der Waals surface area (Å²) in [5.41, 5.74) is 1.74. The fourth-order valence-electron chi connectivity index (χ4n) is 0.995. The summed E-state index contributed by atoms with van der Waals surface area (Å²) in [6.07, 6.45) is 1.58. The second-order valence-corrected chi connectivity index (χ2v) is 2.77. The van der Waals surface area contributed by atoms with Crippen molar-refractivity contribution >= 4 is 28.8 Å². The average molecular weight is 192 g/mol. The summed E-state index contributed by atoms with van der Waals surface area (Å²) < 4.78 is 0. The standard InChI is InChI=1S/C9H8N2OS/c1-6-3-4-10-9(7(2)12)8(6)11-5-13/h3-4H,1-2H3. The van der Waals surface area contributed by atoms with Crippen LogP contribution < -0.4 is 0 Å². The number of ketones is 1. The monoisotopic (exact) mass is 192 g/mol. The molecule has 0 atom stereocenters. The number of rotatable bonds is 2. The molecule has 1 aromatic rings. The Morgan fingerprint density at radius 1 is 1.69 bits per heavy atom. The Hall–Kier alpha value is -1.38. The number of aliphatic imine (C=N–C) groups is 1. The summed E-state index contributed by atoms with van der Waals surface area (Å²) in [6.45, 7) is 3.30. The highest BCUT2D eigenvalue weighted by molar-refractivity contribution is 7.78. The van der Waals surface area contributed by atoms with Gasteiger partial charge in [0.25, 0.3) is 0 Å². The summed E-state index contributed by atoms with van der Waals surface area (Å²) in [6, 6.07) is 1.78. The van der Waals surface area contributed by atoms with Gasteiger partial charge in [-0.25, -0.2) is 0 Å². The van der Waals surface area contributed by atoms with Gasteiger partial charge in [0.1, 0.15) is 11.4 Å². The molecule has 13 heavy (non-hydrogen) atoms. The third-order valence-corrected chi connectivity index (χ3v) is 1.71. The van der Waals surface area contributed by atoms with E-state index in [9.17, 15) is 4.79 Å². The van der Waals surface area contributed by atoms with Crippen LogP contribution in [0.5, 0.6) is 0 Å². The van der Waals surface area contributed by atoms with Crippen molar-refractivity contribution in [3.8, 4) is 0 Å². The van der Waals surface area contributed by atoms with Crippen LogP contribution in [0.3, 0.4) is 0 Å². The molecule has 0 unspecified atom stereocenters. The highest BCUT2D eigenvalue weighted by Gasteiger charge is 2.09. The molecule has 1 rings (SSSR count). The van der Waals surface area contributed by atoms with Gasteiger partial charge in [-0.1, -0.05) is 0 Å². The van der Waals surface area contributed by atoms with Crippen LogP contribution in [0.15, 0.2) is 17.3 Å². The molecule has 1 aromatic heterocycles. The van der Waals surface area contributed by atoms with Crippen LogP contribution in [-0.2, 0) is 0 Å². The van der Waals surface area contributed by atoms with Crippen molar-refractivity contribution in [1.82, 2.24) is 4.98 Å². The Morgan fingerprint density at radius 3 is 2.92 bits per heavy atom. The highest BCUT2D eigenvalue weighted by atomic mass is 32.1. The molecular formula is C9H8N2OS. The van der Waals surface area contributed by atoms with Crippen molar-refractivity contribution in [2.75, 3.05) is 0 Å². The molecule has 0 aromatic carbocycles. The van der Waals surface area contributed by atoms with E-state index in [1.807, 2.05) is 6.92 Å². The van der Waals surface area contributed by atoms with Crippen molar-refractivity contribution in [3.05, 3.63) is 23.5 Å². The Kier molecular flexibility index (Phi) is 3.01. The summed E-state index contributed by atoms with van der Waals surface area (Å²) in [5.74, 6) is -0.118. The van der Waals surface area contributed by atoms with Crippen LogP contribution >= 0.6 is 12.2 Å². The van der Waals surface area contributed by atoms with Crippen LogP contribution in [0.4, 0.5) is 5.69 Å². The molecule has 0 saturated heterocycles. The van der Waals surface area contributed by atoms with E-state index in [1.54, 1.807) is 12.3 Å². The molecule has 3 nitrogen and oxygen atoms in total. The zero-order chi connectivity index (χ0) is 9.84. The molecule has 0 fully saturated rings. The third-order valence-electron chi connectivity index (χ3n) is 1.62. The maximum atomic E-state index is 11.1. The van der Waals surface area contributed by atoms with E-state index < -0.39 is 0 Å². The molecule has 0 aliphatic rings. The number of hydrogen-bond donors (Lipinski definition) is 0. The lowest BCUT2D eigenvalue weighted by molar-refractivity contribution is 0.101. The van der Waals surface area contributed by atoms with Crippen molar-refractivity contribution in [3.63, 3.8) is 0 Å². The third kappa shape index (κ3) is 2.05. The van der Waals surface area contributed by atoms with Crippen molar-refractivity contribution in [2.45, 2.75) is 13.8 Å². The van der Waals surface area contributed by atoms with Crippen LogP contribution in [0.2, 0.25) is 0 Å². The second-order valence-electron chi connectivity index (χ2n) is 2.58. The Morgan fingerprint density at radius 2 is 2.38 bits per heavy atom. The van der Waals surface area contributed by atoms with Gasteiger partial charge in [-0.05, 0) is 30.8 Å². The minimum absolute atomic E-state index is 0.118. The lowest BCUT2D eigenvalue weighted by atomic mass is 10.1. The lowest BCUT2D eigenvalue weighted by Crippen LogP contribution is -1.97. The molecule has 0 saturated carbocycles. The number of pyridine rings is 1. The minimum Gasteiger partial charge on any atom is -0.293 e. The number of hydrogen-bond acceptors (Lipinski definition) is 4. The zero-order valence-corrected chi connectivity index (χ0v) is 8.18. The van der Waals surface area contributed by atoms with E-state index in [4.69, 9.17) is 0 Å². The Labute approximate surface area is 81.5 Å². The van der Waals surface area contributed by atoms with Crippen molar-refractivity contribution in [1.29, 1.82) is 0 Å². The molecule has 0 spiro atoms. The minimum atomic E-state index is -0.118. The Bertz CT molecular complexity index is 395. The number of aromatic nitrogens is 1. The maximum absolute atomic E-state index is 11.1. The van der Waals surface area contributed by atoms with E-state index in [0.717, 1.165) is 5.56 Å². The first-order valence-corrected chi connectivity index (χ1v) is 4.12. The molecule has 0 N–H and O–H groups in total. The lowest BCUT2D eigenvalue weighted by Gasteiger charge is -2.01. The number of isothiocyanates is 1. The molecule has 66 valence electrons. The highest BCUT2D eigenvalue weighted by Crippen LogP contribution is 2.21. The molecule has 4 heteroatoms. The van der Waals surface area contributed by atoms with Gasteiger partial charge in [-0.2, -0.15) is 4.99 Å². The number of aryl methyl sites for hydroxylation is 1. The summed E-state index contributed by atoms with van der Waals surface area (Å²) in [5, 5.41) is 2.24. The first-order valence-electron chi connectivity index (χ1n) is 3.71. The van der Waals surface area contributed by atoms with Gasteiger partial charge in [-0.3, -0.25) is 9.78 Å². The average Bonchev–Trinajstić information content (AvgIpc) is 2.08. The van der Waals surface area contributed by atoms with Gasteiger partial charge in [0.2, 0.25) is 0 Å². The van der Waals surface area contributed by atoms with Gasteiger partial charge in [0.15, 0.2) is 5.78 Å². The fraction of sp³-hybridized carbons (Fsp3) is 0.222. The van der Waals surface area contributed by atoms with Crippen molar-refractivity contribution < 1.29 is 4.79 Å². The normalized spacial score (nSPS) is 9.08. The summed E-state index contributed by atoms with van der Waals surface area (Å²) >= 11 is 4.48. The molecular weight excluding hydrogens is 184 g/mol. The number of carbonyl (C=O) groups excluding carboxylic acids is 1. The largest absolute Gasteiger partial charge is 0.293 e. The SMILES string of the molecule is CC(=O)c1nccc(C)c1N=C=S. The van der Waals surface area contributed by atoms with Gasteiger partial charge in [0, 0.05) is 13.1 Å². The van der Waals surface area contributed by atoms with Crippen LogP contribution in [-0.4, -0.2) is 15.9 Å². The van der Waals surface area contributed by atoms with E-state index in [-0.39, 0.29) is 5.78 Å². The van der Waals surface area contributed by atoms with E-state index in [0.29, 0.717) is 11.4 Å². The Balaban J connectivity index is 3.42. The topological polar surface area (TPSA) is 42.3 Å². The van der Waals surface area contributed by atoms with E-state index in [2.05, 4.69) is 27.4 Å². The maximum Gasteiger partial charge on any atom is 0.180 e. The quantitative estimate of drug-likeness (QED) is 0.410. The molecule has 0 radical (unpaired) electrons. The van der Waals surface area contributed by atoms with Crippen LogP contribution in [0, 0.1) is 6.92 Å². The first-order chi connectivity index (χ1) is 6.16. The van der Waals surface area contributed by atoms with Gasteiger partial charge in [0.05, 0.1) is 5.16 Å². The summed E-state index contributed by atoms with van der Waals surface area (Å²) in [4.78, 5) is 18.8. The van der Waals surface area contributed by atoms with Crippen LogP contribution in [0.1, 0.15) is 23.0 Å². The van der Waals surface area contributed by atoms with Gasteiger partial charge in [-0.15, -0.1) is 0 Å². The van der Waals surface area contributed by atoms with Gasteiger partial charge < -0.3 is 0 Å². The van der Waals surface area contributed by atoms with E-state index in [1.165, 1.54) is 6.92 Å². The molecule has 0 aliphatic carbocycles. The predicted octanol–water partition coefficient (Wildman–Crippen LogP) is 2.33. The molecule has 0 aliphatic heterocycles. The number of carbonyl (C=O) groups is 1. The fourth-order valence-corrected chi connectivity index (χ4v) is 1.09. The van der Waals surface area contributed by atoms with E-state index >= 15 is 0 Å². The first kappa shape index (κ1) is 9.71. The number of thiocarbonyl (C=S) groups is 1. The molecule has 1 heterocycles. The second kappa shape index (κ2) is 4.03.